The molecule has 2 amide bonds. The van der Waals surface area contributed by atoms with Crippen LogP contribution in [0.1, 0.15) is 43.7 Å². The standard InChI is InChI=1S/C26H30N2O5/c1-18(27-26(31)33-17-20-11-6-3-7-12-20)24(29)28-22-14-8-13-21(22)15-23(28)25(30)32-16-19-9-4-2-5-10-19/h2-7,9-12,18,21-23H,8,13-17H2,1H3,(H,27,31)/t18-,21-,22-,23-/m1/s1. The van der Waals surface area contributed by atoms with Crippen molar-refractivity contribution in [3.05, 3.63) is 71.8 Å². The van der Waals surface area contributed by atoms with Gasteiger partial charge in [0.15, 0.2) is 0 Å². The van der Waals surface area contributed by atoms with Gasteiger partial charge in [0.1, 0.15) is 25.3 Å². The summed E-state index contributed by atoms with van der Waals surface area (Å²) in [5.41, 5.74) is 1.76. The molecule has 0 bridgehead atoms. The minimum Gasteiger partial charge on any atom is -0.459 e. The second-order valence-corrected chi connectivity index (χ2v) is 8.78. The topological polar surface area (TPSA) is 84.9 Å². The van der Waals surface area contributed by atoms with Gasteiger partial charge in [0, 0.05) is 6.04 Å². The molecule has 2 fully saturated rings. The first-order chi connectivity index (χ1) is 16.0. The van der Waals surface area contributed by atoms with Crippen LogP contribution in [-0.2, 0) is 32.3 Å². The Labute approximate surface area is 194 Å². The Bertz CT molecular complexity index is 965. The van der Waals surface area contributed by atoms with Gasteiger partial charge in [-0.05, 0) is 43.2 Å². The van der Waals surface area contributed by atoms with Gasteiger partial charge >= 0.3 is 12.1 Å². The number of ether oxygens (including phenoxy) is 2. The summed E-state index contributed by atoms with van der Waals surface area (Å²) in [7, 11) is 0. The second-order valence-electron chi connectivity index (χ2n) is 8.78. The summed E-state index contributed by atoms with van der Waals surface area (Å²) >= 11 is 0. The second kappa shape index (κ2) is 10.5. The number of fused-ring (bicyclic) bond motifs is 1. The lowest BCUT2D eigenvalue weighted by atomic mass is 10.0. The van der Waals surface area contributed by atoms with Crippen molar-refractivity contribution in [3.63, 3.8) is 0 Å². The van der Waals surface area contributed by atoms with E-state index in [2.05, 4.69) is 5.32 Å². The molecule has 4 rings (SSSR count). The van der Waals surface area contributed by atoms with Gasteiger partial charge in [0.05, 0.1) is 0 Å². The molecule has 1 N–H and O–H groups in total. The molecule has 4 atom stereocenters. The van der Waals surface area contributed by atoms with E-state index >= 15 is 0 Å². The van der Waals surface area contributed by atoms with Crippen LogP contribution >= 0.6 is 0 Å². The van der Waals surface area contributed by atoms with E-state index in [1.807, 2.05) is 60.7 Å². The average molecular weight is 451 g/mol. The van der Waals surface area contributed by atoms with E-state index < -0.39 is 18.2 Å². The minimum atomic E-state index is -0.808. The number of hydrogen-bond acceptors (Lipinski definition) is 5. The van der Waals surface area contributed by atoms with Crippen molar-refractivity contribution in [2.45, 2.75) is 63.9 Å². The van der Waals surface area contributed by atoms with Crippen LogP contribution in [0.3, 0.4) is 0 Å². The average Bonchev–Trinajstić information content (AvgIpc) is 3.43. The van der Waals surface area contributed by atoms with E-state index in [1.54, 1.807) is 11.8 Å². The molecule has 2 aromatic carbocycles. The predicted molar refractivity (Wildman–Crippen MR) is 122 cm³/mol. The quantitative estimate of drug-likeness (QED) is 0.649. The Morgan fingerprint density at radius 3 is 2.18 bits per heavy atom. The van der Waals surface area contributed by atoms with E-state index in [0.717, 1.165) is 30.4 Å². The Morgan fingerprint density at radius 1 is 0.939 bits per heavy atom. The molecular formula is C26H30N2O5. The van der Waals surface area contributed by atoms with E-state index in [0.29, 0.717) is 12.3 Å². The maximum absolute atomic E-state index is 13.3. The van der Waals surface area contributed by atoms with Crippen LogP contribution < -0.4 is 5.32 Å². The lowest BCUT2D eigenvalue weighted by Crippen LogP contribution is -2.53. The fraction of sp³-hybridized carbons (Fsp3) is 0.423. The van der Waals surface area contributed by atoms with Gasteiger partial charge in [0.25, 0.3) is 0 Å². The van der Waals surface area contributed by atoms with Crippen LogP contribution in [0.4, 0.5) is 4.79 Å². The molecular weight excluding hydrogens is 420 g/mol. The number of carbonyl (C=O) groups excluding carboxylic acids is 3. The van der Waals surface area contributed by atoms with Crippen LogP contribution in [-0.4, -0.2) is 41.0 Å². The highest BCUT2D eigenvalue weighted by molar-refractivity contribution is 5.90. The third-order valence-electron chi connectivity index (χ3n) is 6.51. The molecule has 1 aliphatic carbocycles. The van der Waals surface area contributed by atoms with Crippen molar-refractivity contribution >= 4 is 18.0 Å². The smallest absolute Gasteiger partial charge is 0.408 e. The van der Waals surface area contributed by atoms with Crippen LogP contribution in [0.25, 0.3) is 0 Å². The Balaban J connectivity index is 1.36. The maximum Gasteiger partial charge on any atom is 0.408 e. The van der Waals surface area contributed by atoms with Gasteiger partial charge in [-0.15, -0.1) is 0 Å². The summed E-state index contributed by atoms with van der Waals surface area (Å²) in [4.78, 5) is 40.2. The number of esters is 1. The predicted octanol–water partition coefficient (Wildman–Crippen LogP) is 3.81. The number of carbonyl (C=O) groups is 3. The summed E-state index contributed by atoms with van der Waals surface area (Å²) in [5.74, 6) is -0.372. The number of likely N-dealkylation sites (tertiary alicyclic amines) is 1. The highest BCUT2D eigenvalue weighted by Gasteiger charge is 2.50. The minimum absolute atomic E-state index is 0.0105. The highest BCUT2D eigenvalue weighted by Crippen LogP contribution is 2.42. The zero-order valence-electron chi connectivity index (χ0n) is 18.8. The summed E-state index contributed by atoms with van der Waals surface area (Å²) in [6.07, 6.45) is 2.84. The molecule has 7 heteroatoms. The number of nitrogens with one attached hydrogen (secondary N) is 1. The fourth-order valence-electron chi connectivity index (χ4n) is 4.87. The lowest BCUT2D eigenvalue weighted by Gasteiger charge is -2.31. The summed E-state index contributed by atoms with van der Waals surface area (Å²) in [6.45, 7) is 1.92. The molecule has 0 unspecified atom stereocenters. The molecule has 0 aromatic heterocycles. The van der Waals surface area contributed by atoms with Crippen molar-refractivity contribution < 1.29 is 23.9 Å². The highest BCUT2D eigenvalue weighted by atomic mass is 16.5. The Morgan fingerprint density at radius 2 is 1.55 bits per heavy atom. The molecule has 0 spiro atoms. The first-order valence-electron chi connectivity index (χ1n) is 11.5. The number of alkyl carbamates (subject to hydrolysis) is 1. The molecule has 2 aromatic rings. The number of benzene rings is 2. The molecule has 1 aliphatic heterocycles. The van der Waals surface area contributed by atoms with Crippen molar-refractivity contribution in [2.24, 2.45) is 5.92 Å². The van der Waals surface area contributed by atoms with Gasteiger partial charge in [-0.1, -0.05) is 67.1 Å². The fourth-order valence-corrected chi connectivity index (χ4v) is 4.87. The number of amides is 2. The Kier molecular flexibility index (Phi) is 7.27. The third kappa shape index (κ3) is 5.53. The van der Waals surface area contributed by atoms with Gasteiger partial charge in [-0.25, -0.2) is 9.59 Å². The molecule has 7 nitrogen and oxygen atoms in total. The Hall–Kier alpha value is -3.35. The van der Waals surface area contributed by atoms with Gasteiger partial charge in [-0.3, -0.25) is 4.79 Å². The monoisotopic (exact) mass is 450 g/mol. The van der Waals surface area contributed by atoms with Crippen LogP contribution in [0, 0.1) is 5.92 Å². The summed E-state index contributed by atoms with van der Waals surface area (Å²) in [5, 5.41) is 2.62. The van der Waals surface area contributed by atoms with E-state index in [9.17, 15) is 14.4 Å². The van der Waals surface area contributed by atoms with Gasteiger partial charge in [-0.2, -0.15) is 0 Å². The first kappa shape index (κ1) is 22.8. The van der Waals surface area contributed by atoms with Crippen LogP contribution in [0.2, 0.25) is 0 Å². The summed E-state index contributed by atoms with van der Waals surface area (Å²) in [6, 6.07) is 17.4. The SMILES string of the molecule is C[C@@H](NC(=O)OCc1ccccc1)C(=O)N1[C@@H](C(=O)OCc2ccccc2)C[C@H]2CCC[C@H]21. The van der Waals surface area contributed by atoms with Crippen LogP contribution in [0.15, 0.2) is 60.7 Å². The molecule has 174 valence electrons. The number of hydrogen-bond donors (Lipinski definition) is 1. The molecule has 0 radical (unpaired) electrons. The number of nitrogens with zero attached hydrogens (tertiary/aromatic N) is 1. The largest absolute Gasteiger partial charge is 0.459 e. The molecule has 33 heavy (non-hydrogen) atoms. The normalized spacial score (nSPS) is 22.3. The van der Waals surface area contributed by atoms with E-state index in [1.165, 1.54) is 0 Å². The summed E-state index contributed by atoms with van der Waals surface area (Å²) < 4.78 is 10.8. The van der Waals surface area contributed by atoms with Crippen molar-refractivity contribution in [1.29, 1.82) is 0 Å². The van der Waals surface area contributed by atoms with Gasteiger partial charge < -0.3 is 19.7 Å². The lowest BCUT2D eigenvalue weighted by molar-refractivity contribution is -0.156. The zero-order valence-corrected chi connectivity index (χ0v) is 18.8. The third-order valence-corrected chi connectivity index (χ3v) is 6.51. The van der Waals surface area contributed by atoms with Crippen molar-refractivity contribution in [2.75, 3.05) is 0 Å². The maximum atomic E-state index is 13.3. The first-order valence-corrected chi connectivity index (χ1v) is 11.5. The van der Waals surface area contributed by atoms with Crippen molar-refractivity contribution in [3.8, 4) is 0 Å². The van der Waals surface area contributed by atoms with E-state index in [4.69, 9.17) is 9.47 Å². The number of rotatable bonds is 7. The molecule has 2 aliphatic rings. The molecule has 1 saturated heterocycles. The van der Waals surface area contributed by atoms with Crippen LogP contribution in [0.5, 0.6) is 0 Å². The van der Waals surface area contributed by atoms with Gasteiger partial charge in [0.2, 0.25) is 5.91 Å². The molecule has 1 saturated carbocycles. The van der Waals surface area contributed by atoms with E-state index in [-0.39, 0.29) is 31.1 Å². The van der Waals surface area contributed by atoms with Crippen molar-refractivity contribution in [1.82, 2.24) is 10.2 Å². The molecule has 1 heterocycles. The zero-order chi connectivity index (χ0) is 23.2.